The summed E-state index contributed by atoms with van der Waals surface area (Å²) in [5.41, 5.74) is -0.899. The molecule has 0 radical (unpaired) electrons. The van der Waals surface area contributed by atoms with E-state index in [9.17, 15) is 14.4 Å². The van der Waals surface area contributed by atoms with E-state index in [0.29, 0.717) is 12.3 Å². The minimum Gasteiger partial charge on any atom is -0.451 e. The number of esters is 1. The molecule has 10 heteroatoms. The van der Waals surface area contributed by atoms with Crippen LogP contribution < -0.4 is 5.32 Å². The van der Waals surface area contributed by atoms with Gasteiger partial charge in [0, 0.05) is 0 Å². The zero-order valence-corrected chi connectivity index (χ0v) is 17.0. The highest BCUT2D eigenvalue weighted by Gasteiger charge is 2.55. The number of carbonyl (C=O) groups is 3. The van der Waals surface area contributed by atoms with Crippen LogP contribution in [0.3, 0.4) is 0 Å². The van der Waals surface area contributed by atoms with Crippen LogP contribution in [-0.2, 0) is 14.3 Å². The third-order valence-corrected chi connectivity index (χ3v) is 6.48. The van der Waals surface area contributed by atoms with Crippen LogP contribution in [0.4, 0.5) is 4.79 Å². The summed E-state index contributed by atoms with van der Waals surface area (Å²) < 4.78 is 10.9. The van der Waals surface area contributed by atoms with Crippen LogP contribution >= 0.6 is 11.3 Å². The van der Waals surface area contributed by atoms with Gasteiger partial charge in [0.2, 0.25) is 0 Å². The van der Waals surface area contributed by atoms with Crippen LogP contribution in [0.5, 0.6) is 0 Å². The highest BCUT2D eigenvalue weighted by atomic mass is 32.1. The van der Waals surface area contributed by atoms with E-state index in [1.807, 2.05) is 24.4 Å². The van der Waals surface area contributed by atoms with Crippen LogP contribution in [0.1, 0.15) is 51.5 Å². The van der Waals surface area contributed by atoms with E-state index in [1.54, 1.807) is 6.92 Å². The van der Waals surface area contributed by atoms with E-state index in [-0.39, 0.29) is 17.7 Å². The van der Waals surface area contributed by atoms with Crippen molar-refractivity contribution in [3.05, 3.63) is 23.4 Å². The van der Waals surface area contributed by atoms with Gasteiger partial charge in [-0.2, -0.15) is 0 Å². The van der Waals surface area contributed by atoms with E-state index < -0.39 is 30.2 Å². The smallest absolute Gasteiger partial charge is 0.327 e. The van der Waals surface area contributed by atoms with Crippen LogP contribution in [0.2, 0.25) is 0 Å². The fourth-order valence-electron chi connectivity index (χ4n) is 3.95. The molecule has 3 atom stereocenters. The van der Waals surface area contributed by atoms with Crippen LogP contribution in [0.15, 0.2) is 21.9 Å². The summed E-state index contributed by atoms with van der Waals surface area (Å²) in [5.74, 6) is -0.535. The zero-order chi connectivity index (χ0) is 20.6. The lowest BCUT2D eigenvalue weighted by atomic mass is 9.73. The van der Waals surface area contributed by atoms with E-state index in [4.69, 9.17) is 9.15 Å². The van der Waals surface area contributed by atoms with Gasteiger partial charge in [0.25, 0.3) is 17.7 Å². The molecule has 29 heavy (non-hydrogen) atoms. The van der Waals surface area contributed by atoms with Crippen molar-refractivity contribution in [2.45, 2.75) is 51.2 Å². The van der Waals surface area contributed by atoms with Gasteiger partial charge in [-0.1, -0.05) is 25.8 Å². The van der Waals surface area contributed by atoms with Gasteiger partial charge in [-0.15, -0.1) is 21.5 Å². The Morgan fingerprint density at radius 2 is 2.28 bits per heavy atom. The fraction of sp³-hybridized carbons (Fsp3) is 0.526. The summed E-state index contributed by atoms with van der Waals surface area (Å²) in [5, 5.41) is 12.6. The lowest BCUT2D eigenvalue weighted by molar-refractivity contribution is -0.153. The Hall–Kier alpha value is -2.75. The minimum absolute atomic E-state index is 0.0294. The van der Waals surface area contributed by atoms with Crippen LogP contribution in [0.25, 0.3) is 10.8 Å². The molecule has 0 unspecified atom stereocenters. The van der Waals surface area contributed by atoms with E-state index in [1.165, 1.54) is 11.3 Å². The number of hydrogen-bond acceptors (Lipinski definition) is 8. The van der Waals surface area contributed by atoms with E-state index in [2.05, 4.69) is 15.5 Å². The molecule has 2 aromatic rings. The number of nitrogens with zero attached hydrogens (tertiary/aromatic N) is 3. The summed E-state index contributed by atoms with van der Waals surface area (Å²) in [6.07, 6.45) is 2.56. The lowest BCUT2D eigenvalue weighted by Gasteiger charge is -2.36. The monoisotopic (exact) mass is 418 g/mol. The average molecular weight is 418 g/mol. The Morgan fingerprint density at radius 1 is 1.45 bits per heavy atom. The highest BCUT2D eigenvalue weighted by molar-refractivity contribution is 7.13. The molecule has 1 saturated carbocycles. The number of rotatable bonds is 5. The van der Waals surface area contributed by atoms with Crippen molar-refractivity contribution in [2.75, 3.05) is 6.54 Å². The molecule has 2 fully saturated rings. The number of urea groups is 1. The number of amides is 3. The summed E-state index contributed by atoms with van der Waals surface area (Å²) in [6.45, 7) is 3.11. The molecule has 154 valence electrons. The van der Waals surface area contributed by atoms with Crippen LogP contribution in [0, 0.1) is 5.92 Å². The van der Waals surface area contributed by atoms with Crippen molar-refractivity contribution in [1.29, 1.82) is 0 Å². The predicted molar refractivity (Wildman–Crippen MR) is 103 cm³/mol. The van der Waals surface area contributed by atoms with Gasteiger partial charge in [0.1, 0.15) is 12.1 Å². The van der Waals surface area contributed by atoms with Gasteiger partial charge >= 0.3 is 12.0 Å². The number of hydrogen-bond donors (Lipinski definition) is 1. The van der Waals surface area contributed by atoms with Gasteiger partial charge in [0.05, 0.1) is 4.88 Å². The second-order valence-electron chi connectivity index (χ2n) is 7.49. The van der Waals surface area contributed by atoms with Crippen molar-refractivity contribution in [2.24, 2.45) is 5.92 Å². The third kappa shape index (κ3) is 3.52. The molecule has 3 amide bonds. The Balaban J connectivity index is 1.39. The first-order valence-corrected chi connectivity index (χ1v) is 10.5. The topological polar surface area (TPSA) is 115 Å². The number of nitrogens with one attached hydrogen (secondary N) is 1. The highest BCUT2D eigenvalue weighted by Crippen LogP contribution is 2.38. The maximum Gasteiger partial charge on any atom is 0.327 e. The summed E-state index contributed by atoms with van der Waals surface area (Å²) in [6, 6.07) is 3.16. The van der Waals surface area contributed by atoms with Crippen molar-refractivity contribution in [3.8, 4) is 10.8 Å². The zero-order valence-electron chi connectivity index (χ0n) is 16.2. The third-order valence-electron chi connectivity index (χ3n) is 5.62. The molecule has 9 nitrogen and oxygen atoms in total. The molecule has 1 saturated heterocycles. The van der Waals surface area contributed by atoms with Crippen LogP contribution in [-0.4, -0.2) is 45.1 Å². The Labute approximate surface area is 171 Å². The molecule has 4 rings (SSSR count). The molecule has 1 N–H and O–H groups in total. The van der Waals surface area contributed by atoms with Crippen molar-refractivity contribution < 1.29 is 23.5 Å². The maximum atomic E-state index is 12.9. The fourth-order valence-corrected chi connectivity index (χ4v) is 4.60. The van der Waals surface area contributed by atoms with Gasteiger partial charge in [-0.25, -0.2) is 4.79 Å². The molecule has 1 spiro atoms. The summed E-state index contributed by atoms with van der Waals surface area (Å²) in [4.78, 5) is 39.4. The standard InChI is InChI=1S/C19H22N4O5S/c1-11-6-3-4-8-19(11)17(25)23(18(26)20-19)10-14(24)27-12(2)15-21-22-16(28-15)13-7-5-9-29-13/h5,7,9,11-12H,3-4,6,8,10H2,1-2H3,(H,20,26)/t11-,12+,19+/m1/s1. The second-order valence-corrected chi connectivity index (χ2v) is 8.44. The van der Waals surface area contributed by atoms with Gasteiger partial charge in [0.15, 0.2) is 6.10 Å². The molecule has 0 aromatic carbocycles. The largest absolute Gasteiger partial charge is 0.451 e. The molecular formula is C19H22N4O5S. The first kappa shape index (κ1) is 19.6. The van der Waals surface area contributed by atoms with Gasteiger partial charge in [-0.3, -0.25) is 14.5 Å². The number of aromatic nitrogens is 2. The number of carbonyl (C=O) groups excluding carboxylic acids is 3. The van der Waals surface area contributed by atoms with Crippen molar-refractivity contribution in [3.63, 3.8) is 0 Å². The molecule has 2 aromatic heterocycles. The molecule has 1 aliphatic heterocycles. The Morgan fingerprint density at radius 3 is 3.00 bits per heavy atom. The second kappa shape index (κ2) is 7.58. The molecular weight excluding hydrogens is 396 g/mol. The molecule has 2 aliphatic rings. The van der Waals surface area contributed by atoms with Crippen molar-refractivity contribution in [1.82, 2.24) is 20.4 Å². The predicted octanol–water partition coefficient (Wildman–Crippen LogP) is 2.90. The first-order chi connectivity index (χ1) is 13.9. The average Bonchev–Trinajstić information content (AvgIpc) is 3.42. The number of ether oxygens (including phenoxy) is 1. The quantitative estimate of drug-likeness (QED) is 0.586. The SMILES string of the molecule is C[C@H](OC(=O)CN1C(=O)N[C@]2(CCCC[C@H]2C)C1=O)c1nnc(-c2cccs2)o1. The molecule has 3 heterocycles. The van der Waals surface area contributed by atoms with Gasteiger partial charge < -0.3 is 14.5 Å². The van der Waals surface area contributed by atoms with Gasteiger partial charge in [-0.05, 0) is 37.1 Å². The molecule has 1 aliphatic carbocycles. The van der Waals surface area contributed by atoms with E-state index in [0.717, 1.165) is 29.0 Å². The summed E-state index contributed by atoms with van der Waals surface area (Å²) >= 11 is 1.45. The number of imide groups is 1. The number of thiophene rings is 1. The Kier molecular flexibility index (Phi) is 5.12. The van der Waals surface area contributed by atoms with E-state index >= 15 is 0 Å². The maximum absolute atomic E-state index is 12.9. The molecule has 0 bridgehead atoms. The lowest BCUT2D eigenvalue weighted by Crippen LogP contribution is -2.54. The normalized spacial score (nSPS) is 25.3. The van der Waals surface area contributed by atoms with Crippen molar-refractivity contribution >= 4 is 29.2 Å². The minimum atomic E-state index is -0.899. The summed E-state index contributed by atoms with van der Waals surface area (Å²) in [7, 11) is 0. The Bertz CT molecular complexity index is 927. The first-order valence-electron chi connectivity index (χ1n) is 9.61.